The van der Waals surface area contributed by atoms with Gasteiger partial charge in [-0.3, -0.25) is 0 Å². The molecule has 4 heteroatoms. The van der Waals surface area contributed by atoms with Crippen LogP contribution in [0, 0.1) is 6.92 Å². The van der Waals surface area contributed by atoms with Gasteiger partial charge in [0.2, 0.25) is 0 Å². The summed E-state index contributed by atoms with van der Waals surface area (Å²) in [5, 5.41) is 8.67. The van der Waals surface area contributed by atoms with Crippen LogP contribution in [0.25, 0.3) is 0 Å². The van der Waals surface area contributed by atoms with Gasteiger partial charge in [0.1, 0.15) is 0 Å². The number of aromatic nitrogens is 3. The molecule has 0 saturated heterocycles. The first-order valence-electron chi connectivity index (χ1n) is 4.36. The molecule has 0 spiro atoms. The van der Waals surface area contributed by atoms with Crippen LogP contribution >= 0.6 is 15.9 Å². The molecule has 1 saturated carbocycles. The first-order valence-corrected chi connectivity index (χ1v) is 5.15. The number of aryl methyl sites for hydroxylation is 1. The Labute approximate surface area is 80.3 Å². The molecule has 1 aliphatic carbocycles. The predicted octanol–water partition coefficient (Wildman–Crippen LogP) is 2.46. The average Bonchev–Trinajstić information content (AvgIpc) is 2.61. The standard InChI is InChI=1S/C8H12BrN3/c1-6-8(9)11-12(10-6)7-4-2-3-5-7/h7H,2-5H2,1H3. The maximum absolute atomic E-state index is 4.35. The summed E-state index contributed by atoms with van der Waals surface area (Å²) in [5.41, 5.74) is 0.988. The van der Waals surface area contributed by atoms with Crippen LogP contribution in [0.4, 0.5) is 0 Å². The van der Waals surface area contributed by atoms with Gasteiger partial charge in [0, 0.05) is 0 Å². The van der Waals surface area contributed by atoms with Crippen molar-refractivity contribution >= 4 is 15.9 Å². The zero-order valence-corrected chi connectivity index (χ0v) is 8.71. The first-order chi connectivity index (χ1) is 5.77. The zero-order valence-electron chi connectivity index (χ0n) is 7.13. The van der Waals surface area contributed by atoms with Crippen molar-refractivity contribution in [1.82, 2.24) is 15.0 Å². The molecule has 1 aliphatic rings. The predicted molar refractivity (Wildman–Crippen MR) is 50.0 cm³/mol. The Morgan fingerprint density at radius 2 is 2.00 bits per heavy atom. The highest BCUT2D eigenvalue weighted by Gasteiger charge is 2.19. The van der Waals surface area contributed by atoms with Gasteiger partial charge in [0.05, 0.1) is 11.7 Å². The summed E-state index contributed by atoms with van der Waals surface area (Å²) >= 11 is 3.37. The van der Waals surface area contributed by atoms with E-state index in [2.05, 4.69) is 26.1 Å². The SMILES string of the molecule is Cc1nn(C2CCCC2)nc1Br. The molecule has 0 N–H and O–H groups in total. The molecule has 0 radical (unpaired) electrons. The first kappa shape index (κ1) is 8.23. The van der Waals surface area contributed by atoms with E-state index in [0.717, 1.165) is 10.3 Å². The van der Waals surface area contributed by atoms with Gasteiger partial charge in [0.15, 0.2) is 4.60 Å². The van der Waals surface area contributed by atoms with E-state index < -0.39 is 0 Å². The van der Waals surface area contributed by atoms with Crippen molar-refractivity contribution in [1.29, 1.82) is 0 Å². The number of rotatable bonds is 1. The van der Waals surface area contributed by atoms with E-state index in [4.69, 9.17) is 0 Å². The molecular weight excluding hydrogens is 218 g/mol. The lowest BCUT2D eigenvalue weighted by atomic mass is 10.3. The Hall–Kier alpha value is -0.380. The fourth-order valence-corrected chi connectivity index (χ4v) is 1.92. The second-order valence-electron chi connectivity index (χ2n) is 3.33. The molecule has 0 bridgehead atoms. The number of halogens is 1. The second kappa shape index (κ2) is 3.17. The lowest BCUT2D eigenvalue weighted by Crippen LogP contribution is -2.08. The van der Waals surface area contributed by atoms with Crippen LogP contribution in [-0.2, 0) is 0 Å². The Balaban J connectivity index is 2.21. The van der Waals surface area contributed by atoms with E-state index in [1.165, 1.54) is 25.7 Å². The van der Waals surface area contributed by atoms with Gasteiger partial charge in [-0.15, -0.1) is 5.10 Å². The van der Waals surface area contributed by atoms with Gasteiger partial charge in [-0.1, -0.05) is 12.8 Å². The van der Waals surface area contributed by atoms with Gasteiger partial charge >= 0.3 is 0 Å². The highest BCUT2D eigenvalue weighted by Crippen LogP contribution is 2.28. The number of hydrogen-bond donors (Lipinski definition) is 0. The second-order valence-corrected chi connectivity index (χ2v) is 4.09. The van der Waals surface area contributed by atoms with E-state index in [1.807, 2.05) is 11.7 Å². The molecule has 66 valence electrons. The molecule has 1 aromatic rings. The topological polar surface area (TPSA) is 30.7 Å². The highest BCUT2D eigenvalue weighted by atomic mass is 79.9. The average molecular weight is 230 g/mol. The third-order valence-electron chi connectivity index (χ3n) is 2.39. The van der Waals surface area contributed by atoms with Crippen LogP contribution in [0.15, 0.2) is 4.60 Å². The molecule has 0 unspecified atom stereocenters. The van der Waals surface area contributed by atoms with Crippen molar-refractivity contribution in [3.63, 3.8) is 0 Å². The quantitative estimate of drug-likeness (QED) is 0.741. The minimum absolute atomic E-state index is 0.551. The summed E-state index contributed by atoms with van der Waals surface area (Å²) in [5.74, 6) is 0. The van der Waals surface area contributed by atoms with Crippen LogP contribution in [0.2, 0.25) is 0 Å². The minimum Gasteiger partial charge on any atom is -0.180 e. The van der Waals surface area contributed by atoms with Crippen LogP contribution in [-0.4, -0.2) is 15.0 Å². The molecular formula is C8H12BrN3. The Kier molecular flexibility index (Phi) is 2.17. The molecule has 1 heterocycles. The smallest absolute Gasteiger partial charge is 0.151 e. The summed E-state index contributed by atoms with van der Waals surface area (Å²) in [6, 6.07) is 0.551. The Morgan fingerprint density at radius 1 is 1.33 bits per heavy atom. The van der Waals surface area contributed by atoms with Gasteiger partial charge in [-0.25, -0.2) is 0 Å². The maximum atomic E-state index is 4.35. The van der Waals surface area contributed by atoms with Crippen LogP contribution in [0.3, 0.4) is 0 Å². The Bertz CT molecular complexity index is 256. The van der Waals surface area contributed by atoms with Crippen molar-refractivity contribution in [2.45, 2.75) is 38.6 Å². The van der Waals surface area contributed by atoms with Crippen LogP contribution < -0.4 is 0 Å². The van der Waals surface area contributed by atoms with Crippen molar-refractivity contribution < 1.29 is 0 Å². The van der Waals surface area contributed by atoms with Crippen molar-refractivity contribution in [2.24, 2.45) is 0 Å². The zero-order chi connectivity index (χ0) is 8.55. The monoisotopic (exact) mass is 229 g/mol. The third-order valence-corrected chi connectivity index (χ3v) is 3.12. The van der Waals surface area contributed by atoms with Crippen molar-refractivity contribution in [3.05, 3.63) is 10.3 Å². The largest absolute Gasteiger partial charge is 0.180 e. The highest BCUT2D eigenvalue weighted by molar-refractivity contribution is 9.10. The summed E-state index contributed by atoms with van der Waals surface area (Å²) in [7, 11) is 0. The molecule has 3 nitrogen and oxygen atoms in total. The van der Waals surface area contributed by atoms with Gasteiger partial charge in [-0.2, -0.15) is 9.90 Å². The van der Waals surface area contributed by atoms with Gasteiger partial charge < -0.3 is 0 Å². The van der Waals surface area contributed by atoms with E-state index in [0.29, 0.717) is 6.04 Å². The number of hydrogen-bond acceptors (Lipinski definition) is 2. The van der Waals surface area contributed by atoms with Crippen LogP contribution in [0.1, 0.15) is 37.4 Å². The lowest BCUT2D eigenvalue weighted by molar-refractivity contribution is 0.411. The molecule has 2 rings (SSSR count). The van der Waals surface area contributed by atoms with Gasteiger partial charge in [0.25, 0.3) is 0 Å². The van der Waals surface area contributed by atoms with E-state index in [-0.39, 0.29) is 0 Å². The molecule has 0 amide bonds. The molecule has 0 atom stereocenters. The normalized spacial score (nSPS) is 18.8. The summed E-state index contributed by atoms with van der Waals surface area (Å²) in [6.45, 7) is 1.97. The molecule has 1 fully saturated rings. The minimum atomic E-state index is 0.551. The fourth-order valence-electron chi connectivity index (χ4n) is 1.68. The molecule has 0 aromatic carbocycles. The van der Waals surface area contributed by atoms with Crippen molar-refractivity contribution in [3.8, 4) is 0 Å². The van der Waals surface area contributed by atoms with E-state index >= 15 is 0 Å². The van der Waals surface area contributed by atoms with E-state index in [9.17, 15) is 0 Å². The third kappa shape index (κ3) is 1.40. The number of nitrogens with zero attached hydrogens (tertiary/aromatic N) is 3. The van der Waals surface area contributed by atoms with E-state index in [1.54, 1.807) is 0 Å². The van der Waals surface area contributed by atoms with Crippen LogP contribution in [0.5, 0.6) is 0 Å². The lowest BCUT2D eigenvalue weighted by Gasteiger charge is -2.05. The summed E-state index contributed by atoms with van der Waals surface area (Å²) in [4.78, 5) is 1.87. The van der Waals surface area contributed by atoms with Gasteiger partial charge in [-0.05, 0) is 35.7 Å². The maximum Gasteiger partial charge on any atom is 0.151 e. The summed E-state index contributed by atoms with van der Waals surface area (Å²) in [6.07, 6.45) is 5.12. The Morgan fingerprint density at radius 3 is 2.50 bits per heavy atom. The molecule has 1 aromatic heterocycles. The fraction of sp³-hybridized carbons (Fsp3) is 0.750. The van der Waals surface area contributed by atoms with Crippen molar-refractivity contribution in [2.75, 3.05) is 0 Å². The molecule has 0 aliphatic heterocycles. The molecule has 12 heavy (non-hydrogen) atoms. The summed E-state index contributed by atoms with van der Waals surface area (Å²) < 4.78 is 0.884.